The van der Waals surface area contributed by atoms with Crippen molar-refractivity contribution in [2.75, 3.05) is 5.75 Å². The van der Waals surface area contributed by atoms with Crippen molar-refractivity contribution in [2.45, 2.75) is 24.8 Å². The molecule has 164 valence electrons. The van der Waals surface area contributed by atoms with E-state index in [0.29, 0.717) is 22.0 Å². The Labute approximate surface area is 183 Å². The zero-order valence-corrected chi connectivity index (χ0v) is 18.5. The van der Waals surface area contributed by atoms with Gasteiger partial charge in [-0.3, -0.25) is 9.59 Å². The molecule has 0 saturated carbocycles. The van der Waals surface area contributed by atoms with Crippen LogP contribution in [-0.4, -0.2) is 35.7 Å². The fourth-order valence-corrected chi connectivity index (χ4v) is 4.65. The maximum Gasteiger partial charge on any atom is 0.319 e. The normalized spacial score (nSPS) is 12.7. The monoisotopic (exact) mass is 466 g/mol. The summed E-state index contributed by atoms with van der Waals surface area (Å²) >= 11 is 6.10. The lowest BCUT2D eigenvalue weighted by atomic mass is 10.1. The predicted molar refractivity (Wildman–Crippen MR) is 115 cm³/mol. The molecule has 1 aromatic heterocycles. The smallest absolute Gasteiger partial charge is 0.319 e. The number of fused-ring (bicyclic) bond motifs is 1. The molecule has 0 saturated heterocycles. The summed E-state index contributed by atoms with van der Waals surface area (Å²) in [6.45, 7) is 3.31. The number of carbonyl (C=O) groups is 2. The summed E-state index contributed by atoms with van der Waals surface area (Å²) in [5, 5.41) is 11.9. The molecule has 0 aliphatic heterocycles. The lowest BCUT2D eigenvalue weighted by Crippen LogP contribution is -2.28. The second-order valence-corrected chi connectivity index (χ2v) is 9.63. The van der Waals surface area contributed by atoms with Gasteiger partial charge in [0.15, 0.2) is 15.6 Å². The third-order valence-electron chi connectivity index (χ3n) is 5.04. The van der Waals surface area contributed by atoms with Crippen LogP contribution in [0.3, 0.4) is 0 Å². The number of aliphatic carboxylic acids is 1. The molecule has 2 aromatic carbocycles. The Morgan fingerprint density at radius 1 is 1.23 bits per heavy atom. The second-order valence-electron chi connectivity index (χ2n) is 7.26. The number of benzene rings is 2. The first kappa shape index (κ1) is 22.8. The molecule has 0 unspecified atom stereocenters. The van der Waals surface area contributed by atoms with Gasteiger partial charge in [0.1, 0.15) is 11.5 Å². The molecule has 0 aliphatic rings. The van der Waals surface area contributed by atoms with Crippen molar-refractivity contribution < 1.29 is 27.5 Å². The zero-order valence-electron chi connectivity index (χ0n) is 16.9. The Morgan fingerprint density at radius 2 is 1.84 bits per heavy atom. The van der Waals surface area contributed by atoms with Gasteiger partial charge in [-0.05, 0) is 49.2 Å². The highest BCUT2D eigenvalue weighted by atomic mass is 35.5. The standard InChI is InChI=1S/C21H20ClFN2O5S/c1-11-8-16-15(19(22)20(11)23)9-17(25(16)3)21(28)24-12(2)13-4-6-14(7-5-13)31(29,30)10-18(26)27/h4-9,12H,10H2,1-3H3,(H,24,28)(H,26,27)/t12-/m1/s1. The first-order chi connectivity index (χ1) is 14.4. The largest absolute Gasteiger partial charge is 0.480 e. The molecule has 1 atom stereocenters. The molecule has 0 bridgehead atoms. The van der Waals surface area contributed by atoms with Gasteiger partial charge in [0.25, 0.3) is 5.91 Å². The van der Waals surface area contributed by atoms with E-state index >= 15 is 0 Å². The van der Waals surface area contributed by atoms with Crippen molar-refractivity contribution in [3.8, 4) is 0 Å². The molecular weight excluding hydrogens is 447 g/mol. The van der Waals surface area contributed by atoms with Crippen LogP contribution in [0.5, 0.6) is 0 Å². The number of nitrogens with one attached hydrogen (secondary N) is 1. The van der Waals surface area contributed by atoms with Gasteiger partial charge in [0.2, 0.25) is 0 Å². The van der Waals surface area contributed by atoms with Gasteiger partial charge < -0.3 is 15.0 Å². The van der Waals surface area contributed by atoms with Crippen LogP contribution in [0.25, 0.3) is 10.9 Å². The number of halogens is 2. The molecule has 3 aromatic rings. The molecule has 3 rings (SSSR count). The summed E-state index contributed by atoms with van der Waals surface area (Å²) in [7, 11) is -2.25. The van der Waals surface area contributed by atoms with E-state index in [9.17, 15) is 22.4 Å². The number of aromatic nitrogens is 1. The second kappa shape index (κ2) is 8.32. The summed E-state index contributed by atoms with van der Waals surface area (Å²) in [5.74, 6) is -3.38. The van der Waals surface area contributed by atoms with Gasteiger partial charge in [0, 0.05) is 12.4 Å². The first-order valence-corrected chi connectivity index (χ1v) is 11.2. The average molecular weight is 467 g/mol. The fourth-order valence-electron chi connectivity index (χ4n) is 3.31. The molecule has 10 heteroatoms. The minimum Gasteiger partial charge on any atom is -0.480 e. The van der Waals surface area contributed by atoms with E-state index in [-0.39, 0.29) is 15.6 Å². The molecule has 0 aliphatic carbocycles. The highest BCUT2D eigenvalue weighted by Crippen LogP contribution is 2.31. The average Bonchev–Trinajstić information content (AvgIpc) is 3.02. The molecule has 31 heavy (non-hydrogen) atoms. The van der Waals surface area contributed by atoms with Gasteiger partial charge in [-0.25, -0.2) is 12.8 Å². The fraction of sp³-hybridized carbons (Fsp3) is 0.238. The lowest BCUT2D eigenvalue weighted by molar-refractivity contribution is -0.134. The van der Waals surface area contributed by atoms with E-state index in [4.69, 9.17) is 16.7 Å². The van der Waals surface area contributed by atoms with Crippen LogP contribution >= 0.6 is 11.6 Å². The van der Waals surface area contributed by atoms with Crippen LogP contribution in [0.4, 0.5) is 4.39 Å². The highest BCUT2D eigenvalue weighted by molar-refractivity contribution is 7.92. The van der Waals surface area contributed by atoms with E-state index in [1.54, 1.807) is 31.5 Å². The van der Waals surface area contributed by atoms with Crippen molar-refractivity contribution >= 4 is 44.2 Å². The summed E-state index contributed by atoms with van der Waals surface area (Å²) < 4.78 is 39.7. The van der Waals surface area contributed by atoms with Gasteiger partial charge >= 0.3 is 5.97 Å². The molecule has 7 nitrogen and oxygen atoms in total. The first-order valence-electron chi connectivity index (χ1n) is 9.21. The number of aryl methyl sites for hydroxylation is 2. The third-order valence-corrected chi connectivity index (χ3v) is 7.03. The number of hydrogen-bond acceptors (Lipinski definition) is 4. The van der Waals surface area contributed by atoms with Gasteiger partial charge in [-0.1, -0.05) is 23.7 Å². The van der Waals surface area contributed by atoms with Crippen molar-refractivity contribution in [1.82, 2.24) is 9.88 Å². The minimum atomic E-state index is -3.93. The lowest BCUT2D eigenvalue weighted by Gasteiger charge is -2.15. The van der Waals surface area contributed by atoms with Gasteiger partial charge in [-0.15, -0.1) is 0 Å². The maximum atomic E-state index is 14.1. The minimum absolute atomic E-state index is 0.0455. The van der Waals surface area contributed by atoms with Crippen LogP contribution in [0.2, 0.25) is 5.02 Å². The van der Waals surface area contributed by atoms with Gasteiger partial charge in [0.05, 0.1) is 21.5 Å². The summed E-state index contributed by atoms with van der Waals surface area (Å²) in [6, 6.07) is 8.29. The Balaban J connectivity index is 1.83. The number of hydrogen-bond donors (Lipinski definition) is 2. The van der Waals surface area contributed by atoms with Crippen molar-refractivity contribution in [3.05, 3.63) is 64.1 Å². The van der Waals surface area contributed by atoms with E-state index in [0.717, 1.165) is 0 Å². The summed E-state index contributed by atoms with van der Waals surface area (Å²) in [6.07, 6.45) is 0. The Bertz CT molecular complexity index is 1300. The molecule has 0 spiro atoms. The predicted octanol–water partition coefficient (Wildman–Crippen LogP) is 3.63. The Morgan fingerprint density at radius 3 is 2.42 bits per heavy atom. The van der Waals surface area contributed by atoms with Crippen LogP contribution < -0.4 is 5.32 Å². The number of carboxylic acids is 1. The number of rotatable bonds is 6. The summed E-state index contributed by atoms with van der Waals surface area (Å²) in [4.78, 5) is 23.4. The number of amides is 1. The number of sulfone groups is 1. The Kier molecular flexibility index (Phi) is 6.11. The van der Waals surface area contributed by atoms with E-state index < -0.39 is 39.3 Å². The molecule has 0 fully saturated rings. The quantitative estimate of drug-likeness (QED) is 0.577. The van der Waals surface area contributed by atoms with E-state index in [2.05, 4.69) is 5.32 Å². The van der Waals surface area contributed by atoms with E-state index in [1.165, 1.54) is 30.3 Å². The molecule has 1 heterocycles. The van der Waals surface area contributed by atoms with Crippen LogP contribution in [0.1, 0.15) is 34.6 Å². The maximum absolute atomic E-state index is 14.1. The molecule has 0 radical (unpaired) electrons. The van der Waals surface area contributed by atoms with Crippen LogP contribution in [0.15, 0.2) is 41.3 Å². The summed E-state index contributed by atoms with van der Waals surface area (Å²) in [5.41, 5.74) is 1.90. The van der Waals surface area contributed by atoms with Crippen molar-refractivity contribution in [2.24, 2.45) is 7.05 Å². The molecular formula is C21H20ClFN2O5S. The third kappa shape index (κ3) is 4.42. The topological polar surface area (TPSA) is 105 Å². The molecule has 1 amide bonds. The van der Waals surface area contributed by atoms with Gasteiger partial charge in [-0.2, -0.15) is 0 Å². The highest BCUT2D eigenvalue weighted by Gasteiger charge is 2.21. The number of nitrogens with zero attached hydrogens (tertiary/aromatic N) is 1. The number of carboxylic acid groups (broad SMARTS) is 1. The molecule has 2 N–H and O–H groups in total. The zero-order chi connectivity index (χ0) is 23.1. The van der Waals surface area contributed by atoms with Crippen LogP contribution in [0, 0.1) is 12.7 Å². The SMILES string of the molecule is Cc1cc2c(cc(C(=O)N[C@H](C)c3ccc(S(=O)(=O)CC(=O)O)cc3)n2C)c(Cl)c1F. The van der Waals surface area contributed by atoms with E-state index in [1.807, 2.05) is 0 Å². The van der Waals surface area contributed by atoms with Crippen molar-refractivity contribution in [3.63, 3.8) is 0 Å². The van der Waals surface area contributed by atoms with Crippen molar-refractivity contribution in [1.29, 1.82) is 0 Å². The van der Waals surface area contributed by atoms with Crippen LogP contribution in [-0.2, 0) is 21.7 Å². The Hall–Kier alpha value is -2.91. The number of carbonyl (C=O) groups excluding carboxylic acids is 1.